The van der Waals surface area contributed by atoms with Gasteiger partial charge in [0.15, 0.2) is 0 Å². The molecule has 0 atom stereocenters. The molecule has 0 unspecified atom stereocenters. The first kappa shape index (κ1) is 14.0. The Morgan fingerprint density at radius 3 is 2.79 bits per heavy atom. The standard InChI is InChI=1S/C15H21FN2O/c1-17-10-15(7-8-15)11-18-14(19)6-5-12-3-2-4-13(16)9-12/h2-4,9,17H,5-8,10-11H2,1H3,(H,18,19). The van der Waals surface area contributed by atoms with Crippen LogP contribution >= 0.6 is 0 Å². The number of halogens is 1. The average molecular weight is 264 g/mol. The maximum atomic E-state index is 13.0. The van der Waals surface area contributed by atoms with Crippen molar-refractivity contribution >= 4 is 5.91 Å². The summed E-state index contributed by atoms with van der Waals surface area (Å²) in [6, 6.07) is 6.42. The zero-order chi connectivity index (χ0) is 13.7. The van der Waals surface area contributed by atoms with Gasteiger partial charge in [0.1, 0.15) is 5.82 Å². The molecule has 1 aliphatic carbocycles. The highest BCUT2D eigenvalue weighted by molar-refractivity contribution is 5.76. The highest BCUT2D eigenvalue weighted by Gasteiger charge is 2.41. The summed E-state index contributed by atoms with van der Waals surface area (Å²) in [6.07, 6.45) is 3.36. The van der Waals surface area contributed by atoms with Crippen LogP contribution in [-0.2, 0) is 11.2 Å². The largest absolute Gasteiger partial charge is 0.355 e. The second-order valence-corrected chi connectivity index (χ2v) is 5.44. The number of rotatable bonds is 7. The average Bonchev–Trinajstić information content (AvgIpc) is 3.15. The monoisotopic (exact) mass is 264 g/mol. The van der Waals surface area contributed by atoms with E-state index < -0.39 is 0 Å². The third-order valence-corrected chi connectivity index (χ3v) is 3.70. The molecule has 1 fully saturated rings. The first-order valence-corrected chi connectivity index (χ1v) is 6.79. The van der Waals surface area contributed by atoms with Gasteiger partial charge in [-0.05, 0) is 44.0 Å². The molecule has 19 heavy (non-hydrogen) atoms. The van der Waals surface area contributed by atoms with Crippen molar-refractivity contribution < 1.29 is 9.18 Å². The molecule has 1 aromatic rings. The second kappa shape index (κ2) is 6.15. The van der Waals surface area contributed by atoms with E-state index in [-0.39, 0.29) is 17.1 Å². The molecule has 104 valence electrons. The van der Waals surface area contributed by atoms with E-state index >= 15 is 0 Å². The van der Waals surface area contributed by atoms with Crippen molar-refractivity contribution in [1.29, 1.82) is 0 Å². The lowest BCUT2D eigenvalue weighted by Crippen LogP contribution is -2.34. The van der Waals surface area contributed by atoms with Gasteiger partial charge < -0.3 is 10.6 Å². The number of hydrogen-bond acceptors (Lipinski definition) is 2. The van der Waals surface area contributed by atoms with Crippen LogP contribution in [0.1, 0.15) is 24.8 Å². The fraction of sp³-hybridized carbons (Fsp3) is 0.533. The summed E-state index contributed by atoms with van der Waals surface area (Å²) in [4.78, 5) is 11.8. The van der Waals surface area contributed by atoms with E-state index in [0.29, 0.717) is 12.8 Å². The Labute approximate surface area is 113 Å². The van der Waals surface area contributed by atoms with Gasteiger partial charge >= 0.3 is 0 Å². The summed E-state index contributed by atoms with van der Waals surface area (Å²) in [5.41, 5.74) is 1.15. The van der Waals surface area contributed by atoms with E-state index in [2.05, 4.69) is 10.6 Å². The lowest BCUT2D eigenvalue weighted by Gasteiger charge is -2.15. The van der Waals surface area contributed by atoms with E-state index in [4.69, 9.17) is 0 Å². The quantitative estimate of drug-likeness (QED) is 0.789. The van der Waals surface area contributed by atoms with Gasteiger partial charge in [-0.3, -0.25) is 4.79 Å². The van der Waals surface area contributed by atoms with Gasteiger partial charge in [-0.2, -0.15) is 0 Å². The predicted octanol–water partition coefficient (Wildman–Crippen LogP) is 1.87. The lowest BCUT2D eigenvalue weighted by atomic mass is 10.1. The number of aryl methyl sites for hydroxylation is 1. The van der Waals surface area contributed by atoms with Crippen molar-refractivity contribution in [3.05, 3.63) is 35.6 Å². The van der Waals surface area contributed by atoms with Gasteiger partial charge in [0.25, 0.3) is 0 Å². The predicted molar refractivity (Wildman–Crippen MR) is 73.3 cm³/mol. The van der Waals surface area contributed by atoms with Crippen molar-refractivity contribution in [2.75, 3.05) is 20.1 Å². The van der Waals surface area contributed by atoms with Gasteiger partial charge in [0.05, 0.1) is 0 Å². The molecule has 0 saturated heterocycles. The van der Waals surface area contributed by atoms with E-state index in [1.165, 1.54) is 25.0 Å². The van der Waals surface area contributed by atoms with E-state index in [1.807, 2.05) is 13.1 Å². The molecule has 1 saturated carbocycles. The van der Waals surface area contributed by atoms with Crippen LogP contribution in [0.15, 0.2) is 24.3 Å². The molecule has 2 N–H and O–H groups in total. The molecule has 2 rings (SSSR count). The summed E-state index contributed by atoms with van der Waals surface area (Å²) in [5.74, 6) is -0.199. The molecule has 0 spiro atoms. The normalized spacial score (nSPS) is 16.1. The van der Waals surface area contributed by atoms with Crippen LogP contribution in [0.3, 0.4) is 0 Å². The van der Waals surface area contributed by atoms with Crippen LogP contribution < -0.4 is 10.6 Å². The third-order valence-electron chi connectivity index (χ3n) is 3.70. The fourth-order valence-electron chi connectivity index (χ4n) is 2.29. The van der Waals surface area contributed by atoms with Crippen LogP contribution in [0.5, 0.6) is 0 Å². The smallest absolute Gasteiger partial charge is 0.220 e. The molecule has 0 heterocycles. The van der Waals surface area contributed by atoms with Crippen LogP contribution in [0.2, 0.25) is 0 Å². The molecule has 0 bridgehead atoms. The SMILES string of the molecule is CNCC1(CNC(=O)CCc2cccc(F)c2)CC1. The minimum Gasteiger partial charge on any atom is -0.355 e. The van der Waals surface area contributed by atoms with Gasteiger partial charge in [-0.1, -0.05) is 12.1 Å². The second-order valence-electron chi connectivity index (χ2n) is 5.44. The Kier molecular flexibility index (Phi) is 4.53. The van der Waals surface area contributed by atoms with Crippen molar-refractivity contribution in [3.8, 4) is 0 Å². The lowest BCUT2D eigenvalue weighted by molar-refractivity contribution is -0.121. The van der Waals surface area contributed by atoms with Crippen molar-refractivity contribution in [3.63, 3.8) is 0 Å². The molecule has 0 aliphatic heterocycles. The van der Waals surface area contributed by atoms with E-state index in [1.54, 1.807) is 6.07 Å². The molecular formula is C15H21FN2O. The molecule has 4 heteroatoms. The van der Waals surface area contributed by atoms with Crippen LogP contribution in [0.25, 0.3) is 0 Å². The van der Waals surface area contributed by atoms with Gasteiger partial charge in [-0.25, -0.2) is 4.39 Å². The molecular weight excluding hydrogens is 243 g/mol. The number of hydrogen-bond donors (Lipinski definition) is 2. The zero-order valence-corrected chi connectivity index (χ0v) is 11.3. The Morgan fingerprint density at radius 2 is 2.16 bits per heavy atom. The van der Waals surface area contributed by atoms with E-state index in [0.717, 1.165) is 18.7 Å². The molecule has 0 radical (unpaired) electrons. The molecule has 1 aromatic carbocycles. The third kappa shape index (κ3) is 4.31. The first-order chi connectivity index (χ1) is 9.13. The summed E-state index contributed by atoms with van der Waals surface area (Å²) in [5, 5.41) is 6.15. The molecule has 0 aromatic heterocycles. The minimum absolute atomic E-state index is 0.0478. The van der Waals surface area contributed by atoms with Gasteiger partial charge in [-0.15, -0.1) is 0 Å². The van der Waals surface area contributed by atoms with Crippen LogP contribution in [0.4, 0.5) is 4.39 Å². The van der Waals surface area contributed by atoms with Crippen molar-refractivity contribution in [2.24, 2.45) is 5.41 Å². The van der Waals surface area contributed by atoms with Gasteiger partial charge in [0, 0.05) is 24.9 Å². The number of benzene rings is 1. The van der Waals surface area contributed by atoms with E-state index in [9.17, 15) is 9.18 Å². The molecule has 3 nitrogen and oxygen atoms in total. The minimum atomic E-state index is -0.246. The summed E-state index contributed by atoms with van der Waals surface area (Å²) in [7, 11) is 1.94. The number of carbonyl (C=O) groups is 1. The molecule has 1 aliphatic rings. The van der Waals surface area contributed by atoms with Crippen molar-refractivity contribution in [1.82, 2.24) is 10.6 Å². The Bertz CT molecular complexity index is 444. The Morgan fingerprint density at radius 1 is 1.37 bits per heavy atom. The van der Waals surface area contributed by atoms with Gasteiger partial charge in [0.2, 0.25) is 5.91 Å². The molecule has 1 amide bonds. The highest BCUT2D eigenvalue weighted by Crippen LogP contribution is 2.44. The highest BCUT2D eigenvalue weighted by atomic mass is 19.1. The zero-order valence-electron chi connectivity index (χ0n) is 11.3. The van der Waals surface area contributed by atoms with Crippen LogP contribution in [0, 0.1) is 11.2 Å². The summed E-state index contributed by atoms with van der Waals surface area (Å²) < 4.78 is 13.0. The summed E-state index contributed by atoms with van der Waals surface area (Å²) in [6.45, 7) is 1.70. The number of carbonyl (C=O) groups excluding carboxylic acids is 1. The topological polar surface area (TPSA) is 41.1 Å². The maximum Gasteiger partial charge on any atom is 0.220 e. The Hall–Kier alpha value is -1.42. The number of amides is 1. The van der Waals surface area contributed by atoms with Crippen LogP contribution in [-0.4, -0.2) is 26.0 Å². The maximum absolute atomic E-state index is 13.0. The fourth-order valence-corrected chi connectivity index (χ4v) is 2.29. The van der Waals surface area contributed by atoms with Crippen molar-refractivity contribution in [2.45, 2.75) is 25.7 Å². The Balaban J connectivity index is 1.70. The summed E-state index contributed by atoms with van der Waals surface area (Å²) >= 11 is 0. The number of nitrogens with one attached hydrogen (secondary N) is 2. The first-order valence-electron chi connectivity index (χ1n) is 6.79.